The number of carbonyl (C=O) groups excluding carboxylic acids is 2. The van der Waals surface area contributed by atoms with Crippen molar-refractivity contribution in [3.8, 4) is 0 Å². The molecule has 6 N–H and O–H groups in total. The maximum absolute atomic E-state index is 12.0. The summed E-state index contributed by atoms with van der Waals surface area (Å²) in [5.41, 5.74) is 0. The SMILES string of the molecule is CCCCCCCCCCCCCCCC(=O)O[C@H](CO)[C@H]1OC[C@H](O)[C@H]1O.CCCCCCCCCCCCCCCCCC(=O)O[C@H](CO)[C@H]1OC[C@H](O)[C@H]1O. The molecule has 0 amide bonds. The fraction of sp³-hybridized carbons (Fsp3) is 0.957. The number of unbranched alkanes of at least 4 members (excludes halogenated alkanes) is 26. The van der Waals surface area contributed by atoms with Crippen LogP contribution in [0, 0.1) is 0 Å². The molecule has 58 heavy (non-hydrogen) atoms. The van der Waals surface area contributed by atoms with Crippen LogP contribution >= 0.6 is 0 Å². The van der Waals surface area contributed by atoms with Crippen molar-refractivity contribution in [1.82, 2.24) is 0 Å². The third-order valence-corrected chi connectivity index (χ3v) is 11.5. The van der Waals surface area contributed by atoms with Crippen LogP contribution in [-0.2, 0) is 28.5 Å². The fourth-order valence-corrected chi connectivity index (χ4v) is 7.71. The van der Waals surface area contributed by atoms with Crippen LogP contribution in [0.25, 0.3) is 0 Å². The van der Waals surface area contributed by atoms with Crippen molar-refractivity contribution in [2.24, 2.45) is 0 Å². The molecule has 344 valence electrons. The van der Waals surface area contributed by atoms with E-state index in [2.05, 4.69) is 13.8 Å². The van der Waals surface area contributed by atoms with E-state index in [1.807, 2.05) is 0 Å². The Morgan fingerprint density at radius 3 is 0.897 bits per heavy atom. The van der Waals surface area contributed by atoms with Gasteiger partial charge in [-0.1, -0.05) is 181 Å². The van der Waals surface area contributed by atoms with Crippen molar-refractivity contribution in [2.75, 3.05) is 26.4 Å². The van der Waals surface area contributed by atoms with Crippen molar-refractivity contribution >= 4 is 11.9 Å². The Morgan fingerprint density at radius 1 is 0.448 bits per heavy atom. The third-order valence-electron chi connectivity index (χ3n) is 11.5. The zero-order valence-corrected chi connectivity index (χ0v) is 36.8. The molecule has 0 saturated carbocycles. The second kappa shape index (κ2) is 37.4. The Hall–Kier alpha value is -1.38. The van der Waals surface area contributed by atoms with Crippen molar-refractivity contribution in [1.29, 1.82) is 0 Å². The van der Waals surface area contributed by atoms with Crippen LogP contribution in [0.1, 0.15) is 206 Å². The lowest BCUT2D eigenvalue weighted by Crippen LogP contribution is -2.43. The zero-order valence-electron chi connectivity index (χ0n) is 36.8. The van der Waals surface area contributed by atoms with Gasteiger partial charge < -0.3 is 49.6 Å². The van der Waals surface area contributed by atoms with Gasteiger partial charge in [-0.3, -0.25) is 9.59 Å². The third kappa shape index (κ3) is 26.7. The molecule has 2 aliphatic heterocycles. The zero-order chi connectivity index (χ0) is 42.6. The van der Waals surface area contributed by atoms with Crippen molar-refractivity contribution in [3.05, 3.63) is 0 Å². The molecule has 2 rings (SSSR count). The topological polar surface area (TPSA) is 192 Å². The van der Waals surface area contributed by atoms with Crippen LogP contribution in [0.15, 0.2) is 0 Å². The number of hydrogen-bond donors (Lipinski definition) is 6. The smallest absolute Gasteiger partial charge is 0.306 e. The number of aliphatic hydroxyl groups is 6. The van der Waals surface area contributed by atoms with Gasteiger partial charge in [0.2, 0.25) is 0 Å². The molecule has 2 aliphatic rings. The lowest BCUT2D eigenvalue weighted by atomic mass is 10.0. The first-order valence-electron chi connectivity index (χ1n) is 23.8. The van der Waals surface area contributed by atoms with Crippen LogP contribution in [0.5, 0.6) is 0 Å². The molecule has 0 radical (unpaired) electrons. The number of carbonyl (C=O) groups is 2. The first kappa shape index (κ1) is 54.6. The van der Waals surface area contributed by atoms with Crippen molar-refractivity contribution in [2.45, 2.75) is 255 Å². The summed E-state index contributed by atoms with van der Waals surface area (Å²) in [6, 6.07) is 0. The van der Waals surface area contributed by atoms with Gasteiger partial charge in [0.15, 0.2) is 12.2 Å². The Labute approximate surface area is 352 Å². The quantitative estimate of drug-likeness (QED) is 0.0266. The molecular weight excluding hydrogens is 744 g/mol. The molecule has 0 aromatic heterocycles. The molecule has 0 aromatic rings. The van der Waals surface area contributed by atoms with Gasteiger partial charge in [-0.05, 0) is 12.8 Å². The van der Waals surface area contributed by atoms with Crippen LogP contribution in [0.3, 0.4) is 0 Å². The Balaban J connectivity index is 0.000000581. The Morgan fingerprint density at radius 2 is 0.690 bits per heavy atom. The van der Waals surface area contributed by atoms with E-state index in [9.17, 15) is 40.2 Å². The van der Waals surface area contributed by atoms with Gasteiger partial charge in [0.05, 0.1) is 26.4 Å². The monoisotopic (exact) mass is 833 g/mol. The van der Waals surface area contributed by atoms with E-state index < -0.39 is 62.0 Å². The van der Waals surface area contributed by atoms with Crippen molar-refractivity contribution < 1.29 is 59.2 Å². The van der Waals surface area contributed by atoms with Crippen LogP contribution < -0.4 is 0 Å². The molecule has 8 atom stereocenters. The second-order valence-electron chi connectivity index (χ2n) is 16.8. The highest BCUT2D eigenvalue weighted by atomic mass is 16.6. The van der Waals surface area contributed by atoms with Crippen LogP contribution in [-0.4, -0.2) is 118 Å². The largest absolute Gasteiger partial charge is 0.457 e. The molecule has 0 aromatic carbocycles. The van der Waals surface area contributed by atoms with E-state index in [-0.39, 0.29) is 25.2 Å². The van der Waals surface area contributed by atoms with Gasteiger partial charge in [0.1, 0.15) is 36.6 Å². The fourth-order valence-electron chi connectivity index (χ4n) is 7.71. The number of rotatable bonds is 36. The molecule has 2 fully saturated rings. The summed E-state index contributed by atoms with van der Waals surface area (Å²) in [5.74, 6) is -0.778. The van der Waals surface area contributed by atoms with E-state index >= 15 is 0 Å². The van der Waals surface area contributed by atoms with Gasteiger partial charge in [-0.2, -0.15) is 0 Å². The predicted octanol–water partition coefficient (Wildman–Crippen LogP) is 7.77. The molecule has 0 bridgehead atoms. The van der Waals surface area contributed by atoms with Crippen LogP contribution in [0.2, 0.25) is 0 Å². The lowest BCUT2D eigenvalue weighted by molar-refractivity contribution is -0.163. The van der Waals surface area contributed by atoms with E-state index in [1.165, 1.54) is 141 Å². The van der Waals surface area contributed by atoms with Gasteiger partial charge in [-0.15, -0.1) is 0 Å². The normalized spacial score (nSPS) is 22.7. The summed E-state index contributed by atoms with van der Waals surface area (Å²) in [5, 5.41) is 57.4. The minimum absolute atomic E-state index is 0.0149. The Kier molecular flexibility index (Phi) is 35.2. The van der Waals surface area contributed by atoms with Crippen LogP contribution in [0.4, 0.5) is 0 Å². The first-order chi connectivity index (χ1) is 28.2. The van der Waals surface area contributed by atoms with E-state index in [4.69, 9.17) is 18.9 Å². The van der Waals surface area contributed by atoms with Gasteiger partial charge in [0, 0.05) is 12.8 Å². The number of ether oxygens (including phenoxy) is 4. The molecule has 12 nitrogen and oxygen atoms in total. The molecule has 12 heteroatoms. The highest BCUT2D eigenvalue weighted by Crippen LogP contribution is 2.22. The maximum atomic E-state index is 12.0. The number of esters is 2. The number of aliphatic hydroxyl groups excluding tert-OH is 6. The van der Waals surface area contributed by atoms with E-state index in [0.717, 1.165) is 38.5 Å². The summed E-state index contributed by atoms with van der Waals surface area (Å²) in [6.45, 7) is 3.61. The molecule has 2 heterocycles. The first-order valence-corrected chi connectivity index (χ1v) is 23.8. The Bertz CT molecular complexity index is 954. The van der Waals surface area contributed by atoms with Gasteiger partial charge >= 0.3 is 11.9 Å². The van der Waals surface area contributed by atoms with E-state index in [1.54, 1.807) is 0 Å². The van der Waals surface area contributed by atoms with Crippen molar-refractivity contribution in [3.63, 3.8) is 0 Å². The molecule has 0 aliphatic carbocycles. The van der Waals surface area contributed by atoms with Gasteiger partial charge in [-0.25, -0.2) is 0 Å². The van der Waals surface area contributed by atoms with Gasteiger partial charge in [0.25, 0.3) is 0 Å². The summed E-state index contributed by atoms with van der Waals surface area (Å²) in [4.78, 5) is 23.9. The highest BCUT2D eigenvalue weighted by Gasteiger charge is 2.42. The predicted molar refractivity (Wildman–Crippen MR) is 227 cm³/mol. The summed E-state index contributed by atoms with van der Waals surface area (Å²) in [7, 11) is 0. The molecule has 0 unspecified atom stereocenters. The standard InChI is InChI=1S/C24H46O6.C22H42O6/c1-2-3-4-5-6-7-8-9-10-11-12-13-14-15-16-17-22(27)30-21(18-25)24-23(28)20(26)19-29-24;1-2-3-4-5-6-7-8-9-10-11-12-13-14-15-20(25)28-19(16-23)22-21(26)18(24)17-27-22/h20-21,23-26,28H,2-19H2,1H3;18-19,21-24,26H,2-17H2,1H3/t20-,21+,23+,24+;18-,19+,21+,22+/m00/s1. The minimum Gasteiger partial charge on any atom is -0.457 e. The highest BCUT2D eigenvalue weighted by molar-refractivity contribution is 5.70. The average molecular weight is 833 g/mol. The summed E-state index contributed by atoms with van der Waals surface area (Å²) >= 11 is 0. The molecule has 2 saturated heterocycles. The molecular formula is C46H88O12. The number of hydrogen-bond acceptors (Lipinski definition) is 12. The molecule has 0 spiro atoms. The minimum atomic E-state index is -1.14. The summed E-state index contributed by atoms with van der Waals surface area (Å²) < 4.78 is 20.9. The maximum Gasteiger partial charge on any atom is 0.306 e. The van der Waals surface area contributed by atoms with E-state index in [0.29, 0.717) is 12.8 Å². The lowest BCUT2D eigenvalue weighted by Gasteiger charge is -2.24. The average Bonchev–Trinajstić information content (AvgIpc) is 3.74. The second-order valence-corrected chi connectivity index (χ2v) is 16.8. The summed E-state index contributed by atoms with van der Waals surface area (Å²) in [6.07, 6.45) is 28.0.